The van der Waals surface area contributed by atoms with Gasteiger partial charge in [-0.2, -0.15) is 0 Å². The number of halogens is 1. The van der Waals surface area contributed by atoms with Crippen LogP contribution in [0.5, 0.6) is 0 Å². The van der Waals surface area contributed by atoms with Crippen LogP contribution in [0.1, 0.15) is 5.56 Å². The van der Waals surface area contributed by atoms with Crippen molar-refractivity contribution < 1.29 is 5.11 Å². The maximum atomic E-state index is 9.42. The average molecular weight is 312 g/mol. The highest BCUT2D eigenvalue weighted by Crippen LogP contribution is 2.26. The van der Waals surface area contributed by atoms with E-state index in [0.717, 1.165) is 37.1 Å². The molecule has 0 saturated carbocycles. The molecular weight excluding hydrogens is 298 g/mol. The van der Waals surface area contributed by atoms with Gasteiger partial charge in [0.1, 0.15) is 17.3 Å². The predicted molar refractivity (Wildman–Crippen MR) is 79.5 cm³/mol. The van der Waals surface area contributed by atoms with Gasteiger partial charge in [0.2, 0.25) is 0 Å². The molecule has 3 rings (SSSR count). The van der Waals surface area contributed by atoms with E-state index in [1.807, 2.05) is 11.6 Å². The molecule has 106 valence electrons. The second-order valence-electron chi connectivity index (χ2n) is 4.41. The Bertz CT molecular complexity index is 571. The van der Waals surface area contributed by atoms with E-state index in [4.69, 9.17) is 11.6 Å². The molecule has 0 aromatic carbocycles. The summed E-state index contributed by atoms with van der Waals surface area (Å²) in [6.07, 6.45) is 3.25. The molecule has 2 aromatic rings. The summed E-state index contributed by atoms with van der Waals surface area (Å²) in [5.74, 6) is 0.728. The lowest BCUT2D eigenvalue weighted by atomic mass is 10.2. The van der Waals surface area contributed by atoms with Crippen molar-refractivity contribution in [1.29, 1.82) is 0 Å². The largest absolute Gasteiger partial charge is 0.391 e. The number of hydrogen-bond acceptors (Lipinski definition) is 7. The third-order valence-electron chi connectivity index (χ3n) is 3.30. The minimum absolute atomic E-state index is 0.151. The molecule has 0 spiro atoms. The zero-order chi connectivity index (χ0) is 13.9. The fourth-order valence-corrected chi connectivity index (χ4v) is 3.16. The van der Waals surface area contributed by atoms with E-state index in [-0.39, 0.29) is 6.61 Å². The molecule has 1 aliphatic heterocycles. The van der Waals surface area contributed by atoms with Crippen LogP contribution in [0.2, 0.25) is 5.15 Å². The maximum absolute atomic E-state index is 9.42. The highest BCUT2D eigenvalue weighted by Gasteiger charge is 2.22. The zero-order valence-electron chi connectivity index (χ0n) is 10.7. The van der Waals surface area contributed by atoms with Crippen LogP contribution in [0.15, 0.2) is 17.9 Å². The van der Waals surface area contributed by atoms with Crippen molar-refractivity contribution in [3.05, 3.63) is 28.6 Å². The molecule has 0 atom stereocenters. The second kappa shape index (κ2) is 5.90. The molecule has 8 heteroatoms. The van der Waals surface area contributed by atoms with Crippen LogP contribution in [-0.2, 0) is 6.61 Å². The van der Waals surface area contributed by atoms with Gasteiger partial charge in [-0.15, -0.1) is 11.3 Å². The van der Waals surface area contributed by atoms with Crippen LogP contribution in [0.25, 0.3) is 0 Å². The van der Waals surface area contributed by atoms with Crippen LogP contribution in [0.4, 0.5) is 10.9 Å². The summed E-state index contributed by atoms with van der Waals surface area (Å²) in [4.78, 5) is 16.9. The summed E-state index contributed by atoms with van der Waals surface area (Å²) >= 11 is 7.65. The molecule has 0 unspecified atom stereocenters. The number of anilines is 2. The Labute approximate surface area is 125 Å². The summed E-state index contributed by atoms with van der Waals surface area (Å²) < 4.78 is 0. The first kappa shape index (κ1) is 13.5. The fourth-order valence-electron chi connectivity index (χ4n) is 2.27. The van der Waals surface area contributed by atoms with E-state index in [1.54, 1.807) is 11.3 Å². The number of rotatable bonds is 3. The third-order valence-corrected chi connectivity index (χ3v) is 4.46. The fraction of sp³-hybridized carbons (Fsp3) is 0.417. The zero-order valence-corrected chi connectivity index (χ0v) is 12.3. The van der Waals surface area contributed by atoms with Gasteiger partial charge in [0.15, 0.2) is 5.13 Å². The monoisotopic (exact) mass is 311 g/mol. The number of aromatic nitrogens is 3. The first-order chi connectivity index (χ1) is 9.79. The van der Waals surface area contributed by atoms with Crippen molar-refractivity contribution in [3.63, 3.8) is 0 Å². The Morgan fingerprint density at radius 3 is 2.55 bits per heavy atom. The summed E-state index contributed by atoms with van der Waals surface area (Å²) in [7, 11) is 0. The molecule has 3 heterocycles. The minimum Gasteiger partial charge on any atom is -0.391 e. The Morgan fingerprint density at radius 1 is 1.15 bits per heavy atom. The van der Waals surface area contributed by atoms with Crippen molar-refractivity contribution >= 4 is 33.9 Å². The number of nitrogens with zero attached hydrogens (tertiary/aromatic N) is 5. The molecule has 1 saturated heterocycles. The van der Waals surface area contributed by atoms with Crippen molar-refractivity contribution in [2.45, 2.75) is 6.61 Å². The van der Waals surface area contributed by atoms with E-state index in [1.165, 1.54) is 6.33 Å². The molecule has 2 aromatic heterocycles. The van der Waals surface area contributed by atoms with Gasteiger partial charge in [0, 0.05) is 37.8 Å². The Balaban J connectivity index is 1.74. The van der Waals surface area contributed by atoms with Gasteiger partial charge in [0.25, 0.3) is 0 Å². The lowest BCUT2D eigenvalue weighted by molar-refractivity contribution is 0.281. The standard InChI is InChI=1S/C12H14ClN5OS/c13-10-9(7-19)11(16-8-15-10)17-2-4-18(5-3-17)12-14-1-6-20-12/h1,6,8,19H,2-5,7H2. The number of piperazine rings is 1. The number of hydrogen-bond donors (Lipinski definition) is 1. The van der Waals surface area contributed by atoms with Gasteiger partial charge < -0.3 is 14.9 Å². The highest BCUT2D eigenvalue weighted by atomic mass is 35.5. The summed E-state index contributed by atoms with van der Waals surface area (Å²) in [6, 6.07) is 0. The van der Waals surface area contributed by atoms with Gasteiger partial charge in [0.05, 0.1) is 12.2 Å². The van der Waals surface area contributed by atoms with E-state index in [0.29, 0.717) is 10.7 Å². The Hall–Kier alpha value is -1.44. The number of thiazole rings is 1. The van der Waals surface area contributed by atoms with Crippen molar-refractivity contribution in [1.82, 2.24) is 15.0 Å². The van der Waals surface area contributed by atoms with Gasteiger partial charge in [-0.05, 0) is 0 Å². The van der Waals surface area contributed by atoms with Gasteiger partial charge in [-0.25, -0.2) is 15.0 Å². The molecular formula is C12H14ClN5OS. The van der Waals surface area contributed by atoms with Crippen molar-refractivity contribution in [3.8, 4) is 0 Å². The van der Waals surface area contributed by atoms with Gasteiger partial charge in [-0.1, -0.05) is 11.6 Å². The van der Waals surface area contributed by atoms with Crippen molar-refractivity contribution in [2.75, 3.05) is 36.0 Å². The molecule has 0 aliphatic carbocycles. The van der Waals surface area contributed by atoms with Crippen LogP contribution in [0, 0.1) is 0 Å². The normalized spacial score (nSPS) is 15.7. The molecule has 6 nitrogen and oxygen atoms in total. The smallest absolute Gasteiger partial charge is 0.185 e. The highest BCUT2D eigenvalue weighted by molar-refractivity contribution is 7.13. The second-order valence-corrected chi connectivity index (χ2v) is 5.64. The number of aliphatic hydroxyl groups excluding tert-OH is 1. The summed E-state index contributed by atoms with van der Waals surface area (Å²) in [5, 5.41) is 12.8. The molecule has 0 radical (unpaired) electrons. The van der Waals surface area contributed by atoms with E-state index in [2.05, 4.69) is 24.8 Å². The lowest BCUT2D eigenvalue weighted by Crippen LogP contribution is -2.47. The van der Waals surface area contributed by atoms with Crippen LogP contribution < -0.4 is 9.80 Å². The maximum Gasteiger partial charge on any atom is 0.185 e. The minimum atomic E-state index is -0.151. The third kappa shape index (κ3) is 2.56. The molecule has 0 amide bonds. The first-order valence-electron chi connectivity index (χ1n) is 6.29. The average Bonchev–Trinajstić information content (AvgIpc) is 3.01. The molecule has 1 aliphatic rings. The van der Waals surface area contributed by atoms with E-state index >= 15 is 0 Å². The Kier molecular flexibility index (Phi) is 4.00. The number of aliphatic hydroxyl groups is 1. The Morgan fingerprint density at radius 2 is 1.90 bits per heavy atom. The van der Waals surface area contributed by atoms with Crippen LogP contribution in [0.3, 0.4) is 0 Å². The summed E-state index contributed by atoms with van der Waals surface area (Å²) in [5.41, 5.74) is 0.594. The van der Waals surface area contributed by atoms with E-state index in [9.17, 15) is 5.11 Å². The molecule has 0 bridgehead atoms. The quantitative estimate of drug-likeness (QED) is 0.865. The summed E-state index contributed by atoms with van der Waals surface area (Å²) in [6.45, 7) is 3.24. The van der Waals surface area contributed by atoms with Crippen molar-refractivity contribution in [2.24, 2.45) is 0 Å². The first-order valence-corrected chi connectivity index (χ1v) is 7.55. The molecule has 20 heavy (non-hydrogen) atoms. The SMILES string of the molecule is OCc1c(Cl)ncnc1N1CCN(c2nccs2)CC1. The lowest BCUT2D eigenvalue weighted by Gasteiger charge is -2.35. The predicted octanol–water partition coefficient (Wildman–Crippen LogP) is 1.41. The van der Waals surface area contributed by atoms with Gasteiger partial charge >= 0.3 is 0 Å². The van der Waals surface area contributed by atoms with Gasteiger partial charge in [-0.3, -0.25) is 0 Å². The van der Waals surface area contributed by atoms with Crippen LogP contribution >= 0.6 is 22.9 Å². The molecule has 1 N–H and O–H groups in total. The molecule has 1 fully saturated rings. The van der Waals surface area contributed by atoms with Crippen LogP contribution in [-0.4, -0.2) is 46.2 Å². The topological polar surface area (TPSA) is 65.4 Å². The van der Waals surface area contributed by atoms with E-state index < -0.39 is 0 Å².